The number of hydrogen-bond donors (Lipinski definition) is 2. The minimum Gasteiger partial charge on any atom is -0.354 e. The molecule has 2 atom stereocenters. The highest BCUT2D eigenvalue weighted by Gasteiger charge is 2.26. The summed E-state index contributed by atoms with van der Waals surface area (Å²) in [5, 5.41) is 6.61. The fourth-order valence-electron chi connectivity index (χ4n) is 3.56. The molecule has 1 amide bonds. The zero-order chi connectivity index (χ0) is 15.1. The second-order valence-electron chi connectivity index (χ2n) is 6.66. The van der Waals surface area contributed by atoms with Crippen molar-refractivity contribution in [3.8, 4) is 0 Å². The SMILES string of the molecule is CN(C)C(CNC(=O)CC1CSCCN1)C1CCCCC1. The van der Waals surface area contributed by atoms with Gasteiger partial charge in [-0.05, 0) is 32.9 Å². The van der Waals surface area contributed by atoms with Crippen molar-refractivity contribution in [2.45, 2.75) is 50.6 Å². The van der Waals surface area contributed by atoms with Crippen LogP contribution in [0.4, 0.5) is 0 Å². The lowest BCUT2D eigenvalue weighted by Crippen LogP contribution is -2.47. The van der Waals surface area contributed by atoms with Gasteiger partial charge in [0.1, 0.15) is 0 Å². The van der Waals surface area contributed by atoms with Gasteiger partial charge in [0.25, 0.3) is 0 Å². The molecule has 2 N–H and O–H groups in total. The van der Waals surface area contributed by atoms with Crippen molar-refractivity contribution in [2.24, 2.45) is 5.92 Å². The minimum absolute atomic E-state index is 0.206. The fourth-order valence-corrected chi connectivity index (χ4v) is 4.50. The van der Waals surface area contributed by atoms with Crippen LogP contribution in [0.2, 0.25) is 0 Å². The third-order valence-corrected chi connectivity index (χ3v) is 5.93. The lowest BCUT2D eigenvalue weighted by Gasteiger charge is -2.35. The summed E-state index contributed by atoms with van der Waals surface area (Å²) in [5.74, 6) is 3.19. The van der Waals surface area contributed by atoms with Gasteiger partial charge in [0.05, 0.1) is 0 Å². The van der Waals surface area contributed by atoms with E-state index in [9.17, 15) is 4.79 Å². The van der Waals surface area contributed by atoms with Gasteiger partial charge in [-0.1, -0.05) is 19.3 Å². The molecule has 0 spiro atoms. The van der Waals surface area contributed by atoms with Crippen molar-refractivity contribution < 1.29 is 4.79 Å². The predicted octanol–water partition coefficient (Wildman–Crippen LogP) is 1.71. The van der Waals surface area contributed by atoms with E-state index in [4.69, 9.17) is 0 Å². The molecule has 1 heterocycles. The Hall–Kier alpha value is -0.260. The van der Waals surface area contributed by atoms with Crippen molar-refractivity contribution in [3.63, 3.8) is 0 Å². The zero-order valence-corrected chi connectivity index (χ0v) is 14.4. The molecular formula is C16H31N3OS. The van der Waals surface area contributed by atoms with Gasteiger partial charge in [0.2, 0.25) is 5.91 Å². The molecular weight excluding hydrogens is 282 g/mol. The maximum Gasteiger partial charge on any atom is 0.221 e. The molecule has 2 fully saturated rings. The first kappa shape index (κ1) is 17.1. The molecule has 1 saturated heterocycles. The molecule has 1 saturated carbocycles. The summed E-state index contributed by atoms with van der Waals surface area (Å²) >= 11 is 1.95. The Labute approximate surface area is 133 Å². The van der Waals surface area contributed by atoms with Crippen LogP contribution < -0.4 is 10.6 Å². The smallest absolute Gasteiger partial charge is 0.221 e. The Morgan fingerprint density at radius 1 is 1.33 bits per heavy atom. The summed E-state index contributed by atoms with van der Waals surface area (Å²) in [5.41, 5.74) is 0. The predicted molar refractivity (Wildman–Crippen MR) is 90.8 cm³/mol. The minimum atomic E-state index is 0.206. The number of carbonyl (C=O) groups is 1. The first-order valence-electron chi connectivity index (χ1n) is 8.41. The Morgan fingerprint density at radius 2 is 2.10 bits per heavy atom. The van der Waals surface area contributed by atoms with Crippen molar-refractivity contribution in [2.75, 3.05) is 38.7 Å². The van der Waals surface area contributed by atoms with Gasteiger partial charge < -0.3 is 15.5 Å². The number of amides is 1. The van der Waals surface area contributed by atoms with Crippen LogP contribution in [-0.4, -0.2) is 61.6 Å². The Balaban J connectivity index is 1.73. The second kappa shape index (κ2) is 9.01. The van der Waals surface area contributed by atoms with E-state index in [1.807, 2.05) is 11.8 Å². The summed E-state index contributed by atoms with van der Waals surface area (Å²) in [7, 11) is 4.29. The molecule has 0 aromatic carbocycles. The van der Waals surface area contributed by atoms with E-state index in [1.54, 1.807) is 0 Å². The first-order valence-corrected chi connectivity index (χ1v) is 9.56. The number of rotatable bonds is 6. The van der Waals surface area contributed by atoms with Gasteiger partial charge >= 0.3 is 0 Å². The Bertz CT molecular complexity index is 313. The lowest BCUT2D eigenvalue weighted by atomic mass is 9.83. The van der Waals surface area contributed by atoms with Gasteiger partial charge in [-0.2, -0.15) is 11.8 Å². The quantitative estimate of drug-likeness (QED) is 0.783. The molecule has 1 aliphatic carbocycles. The van der Waals surface area contributed by atoms with Crippen LogP contribution >= 0.6 is 11.8 Å². The first-order chi connectivity index (χ1) is 10.2. The fraction of sp³-hybridized carbons (Fsp3) is 0.938. The number of thioether (sulfide) groups is 1. The second-order valence-corrected chi connectivity index (χ2v) is 7.81. The van der Waals surface area contributed by atoms with Gasteiger partial charge in [-0.3, -0.25) is 4.79 Å². The number of nitrogens with zero attached hydrogens (tertiary/aromatic N) is 1. The summed E-state index contributed by atoms with van der Waals surface area (Å²) < 4.78 is 0. The van der Waals surface area contributed by atoms with Crippen LogP contribution in [0.5, 0.6) is 0 Å². The van der Waals surface area contributed by atoms with E-state index < -0.39 is 0 Å². The average molecular weight is 314 g/mol. The summed E-state index contributed by atoms with van der Waals surface area (Å²) in [6, 6.07) is 0.846. The molecule has 2 unspecified atom stereocenters. The zero-order valence-electron chi connectivity index (χ0n) is 13.6. The number of likely N-dealkylation sites (N-methyl/N-ethyl adjacent to an activating group) is 1. The van der Waals surface area contributed by atoms with Crippen LogP contribution in [0.25, 0.3) is 0 Å². The van der Waals surface area contributed by atoms with Gasteiger partial charge in [-0.15, -0.1) is 0 Å². The molecule has 0 bridgehead atoms. The highest BCUT2D eigenvalue weighted by atomic mass is 32.2. The third-order valence-electron chi connectivity index (χ3n) is 4.80. The molecule has 2 aliphatic rings. The van der Waals surface area contributed by atoms with Gasteiger partial charge in [0.15, 0.2) is 0 Å². The largest absolute Gasteiger partial charge is 0.354 e. The lowest BCUT2D eigenvalue weighted by molar-refractivity contribution is -0.121. The highest BCUT2D eigenvalue weighted by Crippen LogP contribution is 2.28. The van der Waals surface area contributed by atoms with Crippen molar-refractivity contribution in [1.82, 2.24) is 15.5 Å². The topological polar surface area (TPSA) is 44.4 Å². The summed E-state index contributed by atoms with van der Waals surface area (Å²) in [4.78, 5) is 14.4. The van der Waals surface area contributed by atoms with Crippen LogP contribution in [0.1, 0.15) is 38.5 Å². The molecule has 4 nitrogen and oxygen atoms in total. The number of carbonyl (C=O) groups excluding carboxylic acids is 1. The van der Waals surface area contributed by atoms with Gasteiger partial charge in [-0.25, -0.2) is 0 Å². The van der Waals surface area contributed by atoms with Crippen LogP contribution in [-0.2, 0) is 4.79 Å². The normalized spacial score (nSPS) is 25.8. The van der Waals surface area contributed by atoms with Crippen molar-refractivity contribution >= 4 is 17.7 Å². The monoisotopic (exact) mass is 313 g/mol. The Morgan fingerprint density at radius 3 is 2.71 bits per heavy atom. The van der Waals surface area contributed by atoms with E-state index in [1.165, 1.54) is 37.9 Å². The van der Waals surface area contributed by atoms with Crippen LogP contribution in [0, 0.1) is 5.92 Å². The molecule has 0 aromatic heterocycles. The summed E-state index contributed by atoms with van der Waals surface area (Å²) in [6.07, 6.45) is 7.35. The van der Waals surface area contributed by atoms with E-state index in [2.05, 4.69) is 29.6 Å². The van der Waals surface area contributed by atoms with E-state index in [0.29, 0.717) is 18.5 Å². The average Bonchev–Trinajstić information content (AvgIpc) is 2.49. The molecule has 122 valence electrons. The van der Waals surface area contributed by atoms with Crippen LogP contribution in [0.3, 0.4) is 0 Å². The van der Waals surface area contributed by atoms with E-state index >= 15 is 0 Å². The van der Waals surface area contributed by atoms with E-state index in [0.717, 1.165) is 24.8 Å². The number of hydrogen-bond acceptors (Lipinski definition) is 4. The van der Waals surface area contributed by atoms with E-state index in [-0.39, 0.29) is 5.91 Å². The maximum absolute atomic E-state index is 12.1. The van der Waals surface area contributed by atoms with Gasteiger partial charge in [0, 0.05) is 43.1 Å². The molecule has 0 aromatic rings. The summed E-state index contributed by atoms with van der Waals surface area (Å²) in [6.45, 7) is 1.83. The maximum atomic E-state index is 12.1. The molecule has 5 heteroatoms. The number of nitrogens with one attached hydrogen (secondary N) is 2. The van der Waals surface area contributed by atoms with Crippen molar-refractivity contribution in [3.05, 3.63) is 0 Å². The molecule has 21 heavy (non-hydrogen) atoms. The van der Waals surface area contributed by atoms with Crippen molar-refractivity contribution in [1.29, 1.82) is 0 Å². The highest BCUT2D eigenvalue weighted by molar-refractivity contribution is 7.99. The Kier molecular flexibility index (Phi) is 7.34. The molecule has 2 rings (SSSR count). The third kappa shape index (κ3) is 5.80. The molecule has 0 radical (unpaired) electrons. The van der Waals surface area contributed by atoms with Crippen LogP contribution in [0.15, 0.2) is 0 Å². The molecule has 1 aliphatic heterocycles. The standard InChI is InChI=1S/C16H31N3OS/c1-19(2)15(13-6-4-3-5-7-13)11-18-16(20)10-14-12-21-9-8-17-14/h13-15,17H,3-12H2,1-2H3,(H,18,20).